The third-order valence-electron chi connectivity index (χ3n) is 5.61. The number of benzene rings is 1. The number of fused-ring (bicyclic) bond motifs is 3. The lowest BCUT2D eigenvalue weighted by atomic mass is 9.89. The van der Waals surface area contributed by atoms with E-state index >= 15 is 0 Å². The van der Waals surface area contributed by atoms with Gasteiger partial charge < -0.3 is 9.72 Å². The van der Waals surface area contributed by atoms with Gasteiger partial charge in [0.25, 0.3) is 5.56 Å². The molecule has 2 unspecified atom stereocenters. The van der Waals surface area contributed by atoms with E-state index in [1.165, 1.54) is 22.2 Å². The summed E-state index contributed by atoms with van der Waals surface area (Å²) in [5.74, 6) is 1.96. The zero-order valence-electron chi connectivity index (χ0n) is 17.5. The maximum absolute atomic E-state index is 12.9. The van der Waals surface area contributed by atoms with E-state index in [0.717, 1.165) is 35.2 Å². The molecule has 1 N–H and O–H groups in total. The zero-order chi connectivity index (χ0) is 21.5. The first-order valence-electron chi connectivity index (χ1n) is 10.2. The molecule has 8 nitrogen and oxygen atoms in total. The lowest BCUT2D eigenvalue weighted by Gasteiger charge is -2.17. The standard InChI is InChI=1S/C21H22N6O2S2/c1-11-8-9-13-16(10-11)31-20-17(13)19(28)22-18(23-20)12(2)30-21-24-25-26-27(21)14-6-4-5-7-15(14)29-3/h4-7,11-12H,8-10H2,1-3H3,(H,22,23,28). The van der Waals surface area contributed by atoms with Gasteiger partial charge in [-0.05, 0) is 60.2 Å². The number of tetrazole rings is 1. The maximum Gasteiger partial charge on any atom is 0.259 e. The molecular weight excluding hydrogens is 432 g/mol. The molecule has 0 saturated carbocycles. The Hall–Kier alpha value is -2.72. The summed E-state index contributed by atoms with van der Waals surface area (Å²) in [5, 5.41) is 13.4. The summed E-state index contributed by atoms with van der Waals surface area (Å²) in [6, 6.07) is 7.56. The smallest absolute Gasteiger partial charge is 0.259 e. The van der Waals surface area contributed by atoms with Crippen molar-refractivity contribution in [3.8, 4) is 11.4 Å². The van der Waals surface area contributed by atoms with E-state index in [2.05, 4.69) is 27.4 Å². The minimum atomic E-state index is -0.144. The fourth-order valence-electron chi connectivity index (χ4n) is 3.98. The van der Waals surface area contributed by atoms with Crippen LogP contribution in [0.15, 0.2) is 34.2 Å². The van der Waals surface area contributed by atoms with Crippen molar-refractivity contribution in [2.24, 2.45) is 5.92 Å². The third kappa shape index (κ3) is 3.63. The summed E-state index contributed by atoms with van der Waals surface area (Å²) >= 11 is 3.10. The Labute approximate surface area is 187 Å². The Morgan fingerprint density at radius 2 is 2.19 bits per heavy atom. The van der Waals surface area contributed by atoms with E-state index in [9.17, 15) is 4.79 Å². The number of para-hydroxylation sites is 2. The van der Waals surface area contributed by atoms with Gasteiger partial charge in [0.1, 0.15) is 22.1 Å². The first-order chi connectivity index (χ1) is 15.0. The highest BCUT2D eigenvalue weighted by Gasteiger charge is 2.25. The van der Waals surface area contributed by atoms with E-state index in [-0.39, 0.29) is 10.8 Å². The van der Waals surface area contributed by atoms with Crippen LogP contribution < -0.4 is 10.3 Å². The summed E-state index contributed by atoms with van der Waals surface area (Å²) in [4.78, 5) is 22.9. The molecule has 3 aromatic heterocycles. The van der Waals surface area contributed by atoms with Crippen LogP contribution >= 0.6 is 23.1 Å². The summed E-state index contributed by atoms with van der Waals surface area (Å²) in [6.45, 7) is 4.26. The summed E-state index contributed by atoms with van der Waals surface area (Å²) in [6.07, 6.45) is 3.11. The molecule has 31 heavy (non-hydrogen) atoms. The van der Waals surface area contributed by atoms with Crippen LogP contribution in [0.5, 0.6) is 5.75 Å². The Morgan fingerprint density at radius 1 is 1.35 bits per heavy atom. The van der Waals surface area contributed by atoms with Crippen LogP contribution in [0, 0.1) is 5.92 Å². The number of hydrogen-bond acceptors (Lipinski definition) is 8. The van der Waals surface area contributed by atoms with E-state index in [1.54, 1.807) is 23.1 Å². The number of thioether (sulfide) groups is 1. The van der Waals surface area contributed by atoms with Crippen molar-refractivity contribution < 1.29 is 4.74 Å². The fraction of sp³-hybridized carbons (Fsp3) is 0.381. The molecule has 1 aromatic carbocycles. The van der Waals surface area contributed by atoms with Crippen LogP contribution in [-0.2, 0) is 12.8 Å². The van der Waals surface area contributed by atoms with Crippen molar-refractivity contribution in [1.82, 2.24) is 30.2 Å². The average Bonchev–Trinajstić information content (AvgIpc) is 3.37. The SMILES string of the molecule is COc1ccccc1-n1nnnc1SC(C)c1nc2sc3c(c2c(=O)[nH]1)CCC(C)C3. The number of nitrogens with one attached hydrogen (secondary N) is 1. The highest BCUT2D eigenvalue weighted by Crippen LogP contribution is 2.38. The number of hydrogen-bond donors (Lipinski definition) is 1. The van der Waals surface area contributed by atoms with Gasteiger partial charge in [-0.15, -0.1) is 16.4 Å². The molecular formula is C21H22N6O2S2. The molecule has 5 rings (SSSR count). The Morgan fingerprint density at radius 3 is 3.03 bits per heavy atom. The van der Waals surface area contributed by atoms with Gasteiger partial charge in [-0.1, -0.05) is 30.8 Å². The van der Waals surface area contributed by atoms with Gasteiger partial charge in [0.05, 0.1) is 17.7 Å². The number of aromatic amines is 1. The van der Waals surface area contributed by atoms with Crippen molar-refractivity contribution in [2.75, 3.05) is 7.11 Å². The van der Waals surface area contributed by atoms with Crippen LogP contribution in [0.2, 0.25) is 0 Å². The van der Waals surface area contributed by atoms with Crippen LogP contribution in [0.3, 0.4) is 0 Å². The van der Waals surface area contributed by atoms with Crippen LogP contribution in [0.1, 0.15) is 41.8 Å². The van der Waals surface area contributed by atoms with E-state index in [4.69, 9.17) is 9.72 Å². The summed E-state index contributed by atoms with van der Waals surface area (Å²) in [7, 11) is 1.61. The molecule has 0 saturated heterocycles. The van der Waals surface area contributed by atoms with Gasteiger partial charge in [-0.3, -0.25) is 4.79 Å². The Bertz CT molecular complexity index is 1310. The zero-order valence-corrected chi connectivity index (χ0v) is 19.1. The van der Waals surface area contributed by atoms with Crippen LogP contribution in [0.4, 0.5) is 0 Å². The van der Waals surface area contributed by atoms with E-state index < -0.39 is 0 Å². The van der Waals surface area contributed by atoms with Gasteiger partial charge in [0.2, 0.25) is 5.16 Å². The fourth-order valence-corrected chi connectivity index (χ4v) is 6.23. The summed E-state index contributed by atoms with van der Waals surface area (Å²) < 4.78 is 7.08. The van der Waals surface area contributed by atoms with E-state index in [0.29, 0.717) is 22.6 Å². The highest BCUT2D eigenvalue weighted by atomic mass is 32.2. The number of methoxy groups -OCH3 is 1. The molecule has 4 aromatic rings. The molecule has 160 valence electrons. The molecule has 1 aliphatic rings. The predicted molar refractivity (Wildman–Crippen MR) is 121 cm³/mol. The molecule has 0 aliphatic heterocycles. The largest absolute Gasteiger partial charge is 0.494 e. The van der Waals surface area contributed by atoms with Gasteiger partial charge in [0.15, 0.2) is 0 Å². The first kappa shape index (κ1) is 20.2. The first-order valence-corrected chi connectivity index (χ1v) is 11.9. The number of aromatic nitrogens is 6. The molecule has 0 radical (unpaired) electrons. The highest BCUT2D eigenvalue weighted by molar-refractivity contribution is 7.99. The molecule has 0 amide bonds. The van der Waals surface area contributed by atoms with Gasteiger partial charge >= 0.3 is 0 Å². The van der Waals surface area contributed by atoms with Gasteiger partial charge in [-0.2, -0.15) is 4.68 Å². The number of aryl methyl sites for hydroxylation is 1. The Kier molecular flexibility index (Phi) is 5.27. The molecule has 0 spiro atoms. The maximum atomic E-state index is 12.9. The Balaban J connectivity index is 1.48. The van der Waals surface area contributed by atoms with Crippen molar-refractivity contribution in [1.29, 1.82) is 0 Å². The predicted octanol–water partition coefficient (Wildman–Crippen LogP) is 3.95. The minimum Gasteiger partial charge on any atom is -0.494 e. The monoisotopic (exact) mass is 454 g/mol. The average molecular weight is 455 g/mol. The van der Waals surface area contributed by atoms with Crippen molar-refractivity contribution in [3.63, 3.8) is 0 Å². The molecule has 10 heteroatoms. The number of ether oxygens (including phenoxy) is 1. The molecule has 0 fully saturated rings. The topological polar surface area (TPSA) is 98.6 Å². The number of thiophene rings is 1. The van der Waals surface area contributed by atoms with E-state index in [1.807, 2.05) is 31.2 Å². The number of rotatable bonds is 5. The number of nitrogens with zero attached hydrogens (tertiary/aromatic N) is 5. The second kappa shape index (κ2) is 8.08. The molecule has 1 aliphatic carbocycles. The van der Waals surface area contributed by atoms with Crippen molar-refractivity contribution in [3.05, 3.63) is 50.9 Å². The number of H-pyrrole nitrogens is 1. The van der Waals surface area contributed by atoms with Crippen LogP contribution in [-0.4, -0.2) is 37.3 Å². The molecule has 3 heterocycles. The lowest BCUT2D eigenvalue weighted by molar-refractivity contribution is 0.410. The summed E-state index contributed by atoms with van der Waals surface area (Å²) in [5.41, 5.74) is 1.89. The van der Waals surface area contributed by atoms with Crippen molar-refractivity contribution in [2.45, 2.75) is 43.5 Å². The second-order valence-electron chi connectivity index (χ2n) is 7.79. The third-order valence-corrected chi connectivity index (χ3v) is 7.80. The van der Waals surface area contributed by atoms with Gasteiger partial charge in [0, 0.05) is 4.88 Å². The lowest BCUT2D eigenvalue weighted by Crippen LogP contribution is -2.15. The molecule has 0 bridgehead atoms. The second-order valence-corrected chi connectivity index (χ2v) is 10.2. The van der Waals surface area contributed by atoms with Crippen LogP contribution in [0.25, 0.3) is 15.9 Å². The van der Waals surface area contributed by atoms with Crippen molar-refractivity contribution >= 4 is 33.3 Å². The van der Waals surface area contributed by atoms with Gasteiger partial charge in [-0.25, -0.2) is 4.98 Å². The molecule has 2 atom stereocenters. The normalized spacial score (nSPS) is 16.9. The quantitative estimate of drug-likeness (QED) is 0.456. The minimum absolute atomic E-state index is 0.0520.